The molecule has 1 heteroatoms. The van der Waals surface area contributed by atoms with Gasteiger partial charge in [-0.1, -0.05) is 30.3 Å². The fraction of sp³-hybridized carbons (Fsp3) is 0.600. The van der Waals surface area contributed by atoms with Crippen LogP contribution < -0.4 is 0 Å². The molecule has 0 bridgehead atoms. The third-order valence-electron chi connectivity index (χ3n) is 4.40. The van der Waals surface area contributed by atoms with Crippen LogP contribution in [0, 0.1) is 17.8 Å². The van der Waals surface area contributed by atoms with E-state index >= 15 is 0 Å². The Morgan fingerprint density at radius 1 is 1.06 bits per heavy atom. The third kappa shape index (κ3) is 2.15. The first kappa shape index (κ1) is 10.3. The molecular formula is C15H20O. The van der Waals surface area contributed by atoms with Crippen LogP contribution in [0.1, 0.15) is 31.2 Å². The Labute approximate surface area is 97.5 Å². The maximum atomic E-state index is 10.1. The number of benzene rings is 1. The summed E-state index contributed by atoms with van der Waals surface area (Å²) >= 11 is 0. The number of aryl methyl sites for hydroxylation is 1. The Balaban J connectivity index is 1.48. The lowest BCUT2D eigenvalue weighted by Crippen LogP contribution is -2.19. The van der Waals surface area contributed by atoms with E-state index in [-0.39, 0.29) is 6.10 Å². The van der Waals surface area contributed by atoms with E-state index in [4.69, 9.17) is 0 Å². The van der Waals surface area contributed by atoms with Gasteiger partial charge in [-0.05, 0) is 55.4 Å². The predicted molar refractivity (Wildman–Crippen MR) is 65.1 cm³/mol. The van der Waals surface area contributed by atoms with Crippen LogP contribution in [0.15, 0.2) is 30.3 Å². The molecule has 0 amide bonds. The Morgan fingerprint density at radius 3 is 2.44 bits per heavy atom. The summed E-state index contributed by atoms with van der Waals surface area (Å²) < 4.78 is 0. The average molecular weight is 216 g/mol. The fourth-order valence-electron chi connectivity index (χ4n) is 3.27. The van der Waals surface area contributed by atoms with Crippen molar-refractivity contribution in [2.45, 2.75) is 38.2 Å². The van der Waals surface area contributed by atoms with Crippen LogP contribution in [0.2, 0.25) is 0 Å². The molecule has 1 aromatic carbocycles. The molecule has 0 aliphatic heterocycles. The van der Waals surface area contributed by atoms with Gasteiger partial charge in [0.1, 0.15) is 0 Å². The van der Waals surface area contributed by atoms with Crippen molar-refractivity contribution in [3.05, 3.63) is 35.9 Å². The molecule has 0 spiro atoms. The highest BCUT2D eigenvalue weighted by atomic mass is 16.3. The molecule has 1 nitrogen and oxygen atoms in total. The first-order valence-corrected chi connectivity index (χ1v) is 6.55. The van der Waals surface area contributed by atoms with Crippen molar-refractivity contribution < 1.29 is 5.11 Å². The highest BCUT2D eigenvalue weighted by Crippen LogP contribution is 2.55. The van der Waals surface area contributed by atoms with Gasteiger partial charge in [0.2, 0.25) is 0 Å². The number of hydrogen-bond acceptors (Lipinski definition) is 1. The molecule has 3 atom stereocenters. The molecule has 0 radical (unpaired) electrons. The lowest BCUT2D eigenvalue weighted by Gasteiger charge is -2.19. The van der Waals surface area contributed by atoms with Crippen LogP contribution in [0.5, 0.6) is 0 Å². The molecule has 1 N–H and O–H groups in total. The minimum atomic E-state index is -0.0620. The molecule has 3 unspecified atom stereocenters. The van der Waals surface area contributed by atoms with E-state index in [1.807, 2.05) is 6.07 Å². The average Bonchev–Trinajstić information content (AvgIpc) is 2.94. The zero-order chi connectivity index (χ0) is 11.0. The summed E-state index contributed by atoms with van der Waals surface area (Å²) in [6, 6.07) is 10.5. The maximum Gasteiger partial charge on any atom is 0.0571 e. The summed E-state index contributed by atoms with van der Waals surface area (Å²) in [5.74, 6) is 2.57. The molecule has 2 fully saturated rings. The monoisotopic (exact) mass is 216 g/mol. The van der Waals surface area contributed by atoms with Crippen molar-refractivity contribution in [1.82, 2.24) is 0 Å². The van der Waals surface area contributed by atoms with E-state index < -0.39 is 0 Å². The van der Waals surface area contributed by atoms with Gasteiger partial charge in [-0.15, -0.1) is 0 Å². The first-order chi connectivity index (χ1) is 7.83. The van der Waals surface area contributed by atoms with Gasteiger partial charge >= 0.3 is 0 Å². The van der Waals surface area contributed by atoms with Gasteiger partial charge < -0.3 is 5.11 Å². The van der Waals surface area contributed by atoms with Gasteiger partial charge in [0.25, 0.3) is 0 Å². The van der Waals surface area contributed by atoms with Crippen LogP contribution in [0.25, 0.3) is 0 Å². The van der Waals surface area contributed by atoms with Gasteiger partial charge in [0, 0.05) is 0 Å². The summed E-state index contributed by atoms with van der Waals surface area (Å²) in [5.41, 5.74) is 1.35. The van der Waals surface area contributed by atoms with Crippen LogP contribution in [-0.2, 0) is 6.42 Å². The number of rotatable bonds is 4. The van der Waals surface area contributed by atoms with Crippen LogP contribution >= 0.6 is 0 Å². The number of aliphatic hydroxyl groups excluding tert-OH is 1. The third-order valence-corrected chi connectivity index (χ3v) is 4.40. The second kappa shape index (κ2) is 4.21. The van der Waals surface area contributed by atoms with Crippen molar-refractivity contribution >= 4 is 0 Å². The van der Waals surface area contributed by atoms with Crippen molar-refractivity contribution in [1.29, 1.82) is 0 Å². The van der Waals surface area contributed by atoms with Crippen molar-refractivity contribution in [2.24, 2.45) is 17.8 Å². The van der Waals surface area contributed by atoms with E-state index in [9.17, 15) is 5.11 Å². The molecule has 2 aliphatic rings. The second-order valence-corrected chi connectivity index (χ2v) is 5.58. The lowest BCUT2D eigenvalue weighted by atomic mass is 9.92. The predicted octanol–water partition coefficient (Wildman–Crippen LogP) is 3.03. The van der Waals surface area contributed by atoms with Gasteiger partial charge in [0.05, 0.1) is 6.10 Å². The Hall–Kier alpha value is -0.820. The Morgan fingerprint density at radius 2 is 1.75 bits per heavy atom. The van der Waals surface area contributed by atoms with Crippen LogP contribution in [0.4, 0.5) is 0 Å². The summed E-state index contributed by atoms with van der Waals surface area (Å²) in [4.78, 5) is 0. The number of fused-ring (bicyclic) bond motifs is 1. The van der Waals surface area contributed by atoms with Crippen molar-refractivity contribution in [3.8, 4) is 0 Å². The number of aliphatic hydroxyl groups is 1. The summed E-state index contributed by atoms with van der Waals surface area (Å²) in [6.45, 7) is 0. The molecule has 16 heavy (non-hydrogen) atoms. The molecule has 86 valence electrons. The van der Waals surface area contributed by atoms with E-state index in [2.05, 4.69) is 24.3 Å². The highest BCUT2D eigenvalue weighted by Gasteiger charge is 2.47. The van der Waals surface area contributed by atoms with Crippen molar-refractivity contribution in [2.75, 3.05) is 0 Å². The van der Waals surface area contributed by atoms with E-state index in [1.54, 1.807) is 0 Å². The minimum absolute atomic E-state index is 0.0620. The summed E-state index contributed by atoms with van der Waals surface area (Å²) in [7, 11) is 0. The SMILES string of the molecule is OC(CCc1ccccc1)C1CC2CC2C1. The van der Waals surface area contributed by atoms with E-state index in [0.29, 0.717) is 5.92 Å². The van der Waals surface area contributed by atoms with Crippen LogP contribution in [-0.4, -0.2) is 11.2 Å². The first-order valence-electron chi connectivity index (χ1n) is 6.55. The molecule has 1 aromatic rings. The molecule has 0 aromatic heterocycles. The molecule has 2 saturated carbocycles. The normalized spacial score (nSPS) is 33.4. The van der Waals surface area contributed by atoms with Gasteiger partial charge in [-0.2, -0.15) is 0 Å². The molecule has 3 rings (SSSR count). The number of hydrogen-bond donors (Lipinski definition) is 1. The molecule has 0 heterocycles. The Bertz CT molecular complexity index is 336. The largest absolute Gasteiger partial charge is 0.393 e. The Kier molecular flexibility index (Phi) is 2.72. The van der Waals surface area contributed by atoms with E-state index in [0.717, 1.165) is 24.7 Å². The summed E-state index contributed by atoms with van der Waals surface area (Å²) in [5, 5.41) is 10.1. The topological polar surface area (TPSA) is 20.2 Å². The molecule has 0 saturated heterocycles. The van der Waals surface area contributed by atoms with Gasteiger partial charge in [0.15, 0.2) is 0 Å². The quantitative estimate of drug-likeness (QED) is 0.820. The van der Waals surface area contributed by atoms with Gasteiger partial charge in [-0.3, -0.25) is 0 Å². The lowest BCUT2D eigenvalue weighted by molar-refractivity contribution is 0.0955. The zero-order valence-corrected chi connectivity index (χ0v) is 9.68. The maximum absolute atomic E-state index is 10.1. The van der Waals surface area contributed by atoms with Crippen molar-refractivity contribution in [3.63, 3.8) is 0 Å². The zero-order valence-electron chi connectivity index (χ0n) is 9.68. The van der Waals surface area contributed by atoms with Gasteiger partial charge in [-0.25, -0.2) is 0 Å². The molecular weight excluding hydrogens is 196 g/mol. The van der Waals surface area contributed by atoms with E-state index in [1.165, 1.54) is 24.8 Å². The molecule has 2 aliphatic carbocycles. The minimum Gasteiger partial charge on any atom is -0.393 e. The van der Waals surface area contributed by atoms with Crippen LogP contribution in [0.3, 0.4) is 0 Å². The fourth-order valence-corrected chi connectivity index (χ4v) is 3.27. The second-order valence-electron chi connectivity index (χ2n) is 5.58. The summed E-state index contributed by atoms with van der Waals surface area (Å²) in [6.07, 6.45) is 5.93. The standard InChI is InChI=1S/C15H20O/c16-15(14-9-12-8-13(12)10-14)7-6-11-4-2-1-3-5-11/h1-5,12-16H,6-10H2. The smallest absolute Gasteiger partial charge is 0.0571 e. The highest BCUT2D eigenvalue weighted by molar-refractivity contribution is 5.14.